The summed E-state index contributed by atoms with van der Waals surface area (Å²) >= 11 is 0. The van der Waals surface area contributed by atoms with Crippen molar-refractivity contribution in [3.8, 4) is 0 Å². The smallest absolute Gasteiger partial charge is 0.309 e. The number of rotatable bonds is 3. The van der Waals surface area contributed by atoms with Crippen LogP contribution in [0.3, 0.4) is 0 Å². The molecule has 0 saturated heterocycles. The van der Waals surface area contributed by atoms with E-state index in [-0.39, 0.29) is 21.7 Å². The van der Waals surface area contributed by atoms with Crippen molar-refractivity contribution in [3.63, 3.8) is 0 Å². The number of carboxylic acid groups (broad SMARTS) is 1. The predicted molar refractivity (Wildman–Crippen MR) is 158 cm³/mol. The van der Waals surface area contributed by atoms with Crippen molar-refractivity contribution in [3.05, 3.63) is 11.6 Å². The number of aliphatic carboxylic acids is 1. The van der Waals surface area contributed by atoms with Gasteiger partial charge in [0.15, 0.2) is 0 Å². The molecule has 0 aromatic heterocycles. The highest BCUT2D eigenvalue weighted by atomic mass is 16.5. The molecule has 5 fully saturated rings. The molecule has 0 heterocycles. The van der Waals surface area contributed by atoms with E-state index in [0.29, 0.717) is 35.4 Å². The number of carbonyl (C=O) groups is 1. The van der Waals surface area contributed by atoms with E-state index in [1.165, 1.54) is 77.0 Å². The lowest BCUT2D eigenvalue weighted by Gasteiger charge is -2.71. The van der Waals surface area contributed by atoms with Gasteiger partial charge in [-0.15, -0.1) is 0 Å². The fourth-order valence-corrected chi connectivity index (χ4v) is 12.2. The summed E-state index contributed by atoms with van der Waals surface area (Å²) < 4.78 is 6.96. The number of carboxylic acids is 1. The average molecular weight is 539 g/mol. The normalized spacial score (nSPS) is 51.5. The number of hydrogen-bond acceptors (Lipinski definition) is 2. The lowest BCUT2D eigenvalue weighted by atomic mass is 9.33. The van der Waals surface area contributed by atoms with E-state index in [0.717, 1.165) is 19.3 Å². The highest BCUT2D eigenvalue weighted by molar-refractivity contribution is 5.74. The van der Waals surface area contributed by atoms with Crippen molar-refractivity contribution in [2.75, 3.05) is 0 Å². The SMILES string of the molecule is CC1(C)C2CC[C@]3(C)C(CC=C4[C@@H]5C[C@@](C)(C(=O)O)CC[C@]5(C)CC[C@]43C)[C@@]2(C)CC[C@@H]1OC1CCCCC1. The number of hydrogen-bond donors (Lipinski definition) is 1. The zero-order chi connectivity index (χ0) is 28.1. The summed E-state index contributed by atoms with van der Waals surface area (Å²) in [6, 6.07) is 0. The van der Waals surface area contributed by atoms with Crippen LogP contribution in [0.5, 0.6) is 0 Å². The molecule has 0 bridgehead atoms. The minimum absolute atomic E-state index is 0.185. The van der Waals surface area contributed by atoms with E-state index in [1.807, 2.05) is 6.92 Å². The van der Waals surface area contributed by atoms with Crippen LogP contribution < -0.4 is 0 Å². The van der Waals surface area contributed by atoms with E-state index in [4.69, 9.17) is 4.74 Å². The van der Waals surface area contributed by atoms with Crippen LogP contribution in [0.4, 0.5) is 0 Å². The molecule has 0 aromatic carbocycles. The van der Waals surface area contributed by atoms with Gasteiger partial charge in [-0.1, -0.05) is 72.5 Å². The second-order valence-corrected chi connectivity index (χ2v) is 17.3. The Hall–Kier alpha value is -0.830. The first kappa shape index (κ1) is 28.3. The monoisotopic (exact) mass is 538 g/mol. The molecule has 0 amide bonds. The Bertz CT molecular complexity index is 1020. The van der Waals surface area contributed by atoms with Crippen molar-refractivity contribution in [2.45, 2.75) is 157 Å². The highest BCUT2D eigenvalue weighted by Gasteiger charge is 2.68. The molecular formula is C36H58O3. The lowest BCUT2D eigenvalue weighted by Crippen LogP contribution is -2.64. The Morgan fingerprint density at radius 3 is 2.21 bits per heavy atom. The maximum Gasteiger partial charge on any atom is 0.309 e. The Labute approximate surface area is 239 Å². The highest BCUT2D eigenvalue weighted by Crippen LogP contribution is 2.75. The summed E-state index contributed by atoms with van der Waals surface area (Å²) in [6.45, 7) is 17.6. The Kier molecular flexibility index (Phi) is 6.59. The molecule has 0 aromatic rings. The first-order valence-electron chi connectivity index (χ1n) is 16.8. The standard InChI is InChI=1S/C36H58O3/c1-31(2)27-15-18-36(7)28(34(27,5)17-16-29(31)39-24-11-9-8-10-12-24)14-13-25-26-23-33(4,30(37)38)20-19-32(26,3)21-22-35(25,36)6/h13,24,26-29H,8-12,14-23H2,1-7H3,(H,37,38)/t26-,27?,28?,29-,32+,33-,34-,35+,36+/m0/s1. The van der Waals surface area contributed by atoms with Crippen molar-refractivity contribution in [1.82, 2.24) is 0 Å². The van der Waals surface area contributed by atoms with Crippen LogP contribution in [0, 0.1) is 50.2 Å². The molecule has 6 aliphatic rings. The summed E-state index contributed by atoms with van der Waals surface area (Å²) in [5.74, 6) is 1.25. The minimum atomic E-state index is -0.584. The van der Waals surface area contributed by atoms with Crippen molar-refractivity contribution in [1.29, 1.82) is 0 Å². The van der Waals surface area contributed by atoms with E-state index in [2.05, 4.69) is 47.6 Å². The summed E-state index contributed by atoms with van der Waals surface area (Å²) in [5.41, 5.74) is 2.38. The molecule has 0 aliphatic heterocycles. The third kappa shape index (κ3) is 3.93. The van der Waals surface area contributed by atoms with Crippen LogP contribution in [-0.2, 0) is 9.53 Å². The third-order valence-electron chi connectivity index (χ3n) is 15.2. The molecule has 39 heavy (non-hydrogen) atoms. The van der Waals surface area contributed by atoms with Gasteiger partial charge in [-0.3, -0.25) is 4.79 Å². The van der Waals surface area contributed by atoms with Crippen LogP contribution in [0.25, 0.3) is 0 Å². The minimum Gasteiger partial charge on any atom is -0.481 e. The fraction of sp³-hybridized carbons (Fsp3) is 0.917. The van der Waals surface area contributed by atoms with Crippen molar-refractivity contribution < 1.29 is 14.6 Å². The van der Waals surface area contributed by atoms with Crippen LogP contribution in [-0.4, -0.2) is 23.3 Å². The van der Waals surface area contributed by atoms with Gasteiger partial charge in [0.1, 0.15) is 0 Å². The average Bonchev–Trinajstić information content (AvgIpc) is 2.88. The topological polar surface area (TPSA) is 46.5 Å². The molecule has 3 nitrogen and oxygen atoms in total. The Balaban J connectivity index is 1.31. The van der Waals surface area contributed by atoms with Gasteiger partial charge >= 0.3 is 5.97 Å². The van der Waals surface area contributed by atoms with Crippen LogP contribution in [0.1, 0.15) is 145 Å². The predicted octanol–water partition coefficient (Wildman–Crippen LogP) is 9.59. The Morgan fingerprint density at radius 2 is 1.51 bits per heavy atom. The fourth-order valence-electron chi connectivity index (χ4n) is 12.2. The molecule has 0 spiro atoms. The second kappa shape index (κ2) is 9.08. The van der Waals surface area contributed by atoms with Gasteiger partial charge in [-0.25, -0.2) is 0 Å². The summed E-state index contributed by atoms with van der Waals surface area (Å²) in [6.07, 6.45) is 21.8. The molecule has 5 saturated carbocycles. The van der Waals surface area contributed by atoms with Gasteiger partial charge in [0.05, 0.1) is 17.6 Å². The zero-order valence-electron chi connectivity index (χ0n) is 26.3. The molecule has 6 rings (SSSR count). The first-order chi connectivity index (χ1) is 18.2. The van der Waals surface area contributed by atoms with E-state index in [9.17, 15) is 9.90 Å². The van der Waals surface area contributed by atoms with Crippen molar-refractivity contribution >= 4 is 5.97 Å². The number of fused-ring (bicyclic) bond motifs is 7. The molecular weight excluding hydrogens is 480 g/mol. The van der Waals surface area contributed by atoms with Gasteiger partial charge in [-0.2, -0.15) is 0 Å². The summed E-state index contributed by atoms with van der Waals surface area (Å²) in [4.78, 5) is 12.4. The summed E-state index contributed by atoms with van der Waals surface area (Å²) in [5, 5.41) is 10.2. The third-order valence-corrected chi connectivity index (χ3v) is 15.2. The molecule has 1 N–H and O–H groups in total. The maximum atomic E-state index is 12.4. The zero-order valence-corrected chi connectivity index (χ0v) is 26.3. The van der Waals surface area contributed by atoms with Gasteiger partial charge in [0.2, 0.25) is 0 Å². The van der Waals surface area contributed by atoms with Crippen molar-refractivity contribution in [2.24, 2.45) is 50.2 Å². The Morgan fingerprint density at radius 1 is 0.821 bits per heavy atom. The molecule has 6 aliphatic carbocycles. The van der Waals surface area contributed by atoms with E-state index < -0.39 is 11.4 Å². The van der Waals surface area contributed by atoms with Gasteiger partial charge in [-0.05, 0) is 129 Å². The largest absolute Gasteiger partial charge is 0.481 e. The first-order valence-corrected chi connectivity index (χ1v) is 16.8. The van der Waals surface area contributed by atoms with Gasteiger partial charge in [0, 0.05) is 0 Å². The number of allylic oxidation sites excluding steroid dienone is 2. The molecule has 9 atom stereocenters. The molecule has 3 heteroatoms. The number of ether oxygens (including phenoxy) is 1. The quantitative estimate of drug-likeness (QED) is 0.364. The summed E-state index contributed by atoms with van der Waals surface area (Å²) in [7, 11) is 0. The van der Waals surface area contributed by atoms with E-state index >= 15 is 0 Å². The molecule has 220 valence electrons. The lowest BCUT2D eigenvalue weighted by molar-refractivity contribution is -0.220. The molecule has 2 unspecified atom stereocenters. The van der Waals surface area contributed by atoms with Crippen LogP contribution >= 0.6 is 0 Å². The van der Waals surface area contributed by atoms with Crippen LogP contribution in [0.2, 0.25) is 0 Å². The molecule has 0 radical (unpaired) electrons. The van der Waals surface area contributed by atoms with Crippen LogP contribution in [0.15, 0.2) is 11.6 Å². The second-order valence-electron chi connectivity index (χ2n) is 17.3. The van der Waals surface area contributed by atoms with Gasteiger partial charge in [0.25, 0.3) is 0 Å². The van der Waals surface area contributed by atoms with Gasteiger partial charge < -0.3 is 9.84 Å². The maximum absolute atomic E-state index is 12.4. The van der Waals surface area contributed by atoms with E-state index in [1.54, 1.807) is 5.57 Å².